The number of carbonyl (C=O) groups excluding carboxylic acids is 1. The quantitative estimate of drug-likeness (QED) is 0.776. The monoisotopic (exact) mass is 338 g/mol. The van der Waals surface area contributed by atoms with Gasteiger partial charge in [-0.2, -0.15) is 5.10 Å². The van der Waals surface area contributed by atoms with E-state index in [2.05, 4.69) is 21.5 Å². The third-order valence-electron chi connectivity index (χ3n) is 4.81. The Morgan fingerprint density at radius 2 is 2.28 bits per heavy atom. The highest BCUT2D eigenvalue weighted by Crippen LogP contribution is 2.21. The van der Waals surface area contributed by atoms with Gasteiger partial charge in [0.05, 0.1) is 11.8 Å². The number of hydrogen-bond donors (Lipinski definition) is 1. The zero-order valence-electron chi connectivity index (χ0n) is 14.3. The second-order valence-corrected chi connectivity index (χ2v) is 6.77. The molecule has 4 rings (SSSR count). The van der Waals surface area contributed by atoms with Crippen molar-refractivity contribution in [1.82, 2.24) is 20.0 Å². The molecule has 0 bridgehead atoms. The third kappa shape index (κ3) is 3.44. The van der Waals surface area contributed by atoms with E-state index >= 15 is 0 Å². The fourth-order valence-corrected chi connectivity index (χ4v) is 3.52. The molecule has 1 N–H and O–H groups in total. The summed E-state index contributed by atoms with van der Waals surface area (Å²) in [6.07, 6.45) is 6.62. The van der Waals surface area contributed by atoms with E-state index in [1.807, 2.05) is 42.2 Å². The molecule has 3 heterocycles. The zero-order valence-corrected chi connectivity index (χ0v) is 14.3. The number of amides is 1. The number of likely N-dealkylation sites (tertiary alicyclic amines) is 1. The number of hydrogen-bond acceptors (Lipinski definition) is 4. The molecule has 0 saturated carbocycles. The van der Waals surface area contributed by atoms with Crippen molar-refractivity contribution < 1.29 is 9.21 Å². The van der Waals surface area contributed by atoms with E-state index in [4.69, 9.17) is 4.42 Å². The van der Waals surface area contributed by atoms with Gasteiger partial charge in [0, 0.05) is 43.8 Å². The number of aryl methyl sites for hydroxylation is 1. The van der Waals surface area contributed by atoms with Crippen LogP contribution in [0.4, 0.5) is 0 Å². The number of benzene rings is 1. The van der Waals surface area contributed by atoms with Gasteiger partial charge in [0.25, 0.3) is 5.91 Å². The van der Waals surface area contributed by atoms with Gasteiger partial charge in [0.15, 0.2) is 0 Å². The highest BCUT2D eigenvalue weighted by molar-refractivity contribution is 6.05. The molecule has 1 atom stereocenters. The summed E-state index contributed by atoms with van der Waals surface area (Å²) < 4.78 is 7.28. The Morgan fingerprint density at radius 1 is 1.40 bits per heavy atom. The number of nitrogens with one attached hydrogen (secondary N) is 1. The summed E-state index contributed by atoms with van der Waals surface area (Å²) >= 11 is 0. The maximum Gasteiger partial charge on any atom is 0.255 e. The maximum absolute atomic E-state index is 12.5. The maximum atomic E-state index is 12.5. The van der Waals surface area contributed by atoms with Crippen molar-refractivity contribution in [3.63, 3.8) is 0 Å². The molecule has 1 fully saturated rings. The van der Waals surface area contributed by atoms with E-state index < -0.39 is 0 Å². The number of furan rings is 1. The lowest BCUT2D eigenvalue weighted by molar-refractivity contribution is 0.0948. The molecular weight excluding hydrogens is 316 g/mol. The first-order chi connectivity index (χ1) is 12.2. The van der Waals surface area contributed by atoms with Gasteiger partial charge in [0.2, 0.25) is 0 Å². The molecule has 2 aromatic heterocycles. The molecule has 1 aromatic carbocycles. The topological polar surface area (TPSA) is 63.3 Å². The molecule has 1 aliphatic heterocycles. The number of fused-ring (bicyclic) bond motifs is 1. The number of carbonyl (C=O) groups is 1. The first kappa shape index (κ1) is 15.9. The van der Waals surface area contributed by atoms with Gasteiger partial charge in [-0.3, -0.25) is 14.4 Å². The average molecular weight is 338 g/mol. The van der Waals surface area contributed by atoms with Crippen molar-refractivity contribution in [3.8, 4) is 0 Å². The average Bonchev–Trinajstić information content (AvgIpc) is 3.33. The Kier molecular flexibility index (Phi) is 4.28. The van der Waals surface area contributed by atoms with Crippen molar-refractivity contribution >= 4 is 16.9 Å². The van der Waals surface area contributed by atoms with E-state index in [0.717, 1.165) is 37.0 Å². The van der Waals surface area contributed by atoms with Crippen LogP contribution in [-0.4, -0.2) is 40.2 Å². The van der Waals surface area contributed by atoms with E-state index in [1.54, 1.807) is 6.26 Å². The lowest BCUT2D eigenvalue weighted by Gasteiger charge is -2.15. The van der Waals surface area contributed by atoms with Crippen LogP contribution < -0.4 is 5.32 Å². The normalized spacial score (nSPS) is 18.0. The molecule has 6 heteroatoms. The SMILES string of the molecule is Cn1cc(CN2CCC(CNC(=O)c3coc4ccccc34)C2)cn1. The Bertz CT molecular complexity index is 882. The zero-order chi connectivity index (χ0) is 17.2. The fourth-order valence-electron chi connectivity index (χ4n) is 3.52. The summed E-state index contributed by atoms with van der Waals surface area (Å²) in [4.78, 5) is 14.9. The Labute approximate surface area is 146 Å². The third-order valence-corrected chi connectivity index (χ3v) is 4.81. The van der Waals surface area contributed by atoms with Gasteiger partial charge >= 0.3 is 0 Å². The van der Waals surface area contributed by atoms with E-state index in [-0.39, 0.29) is 5.91 Å². The van der Waals surface area contributed by atoms with Gasteiger partial charge in [0.1, 0.15) is 11.8 Å². The predicted molar refractivity (Wildman–Crippen MR) is 95.1 cm³/mol. The Morgan fingerprint density at radius 3 is 3.12 bits per heavy atom. The minimum absolute atomic E-state index is 0.0596. The van der Waals surface area contributed by atoms with Crippen molar-refractivity contribution in [2.45, 2.75) is 13.0 Å². The van der Waals surface area contributed by atoms with Gasteiger partial charge in [-0.05, 0) is 24.9 Å². The fraction of sp³-hybridized carbons (Fsp3) is 0.368. The Balaban J connectivity index is 1.31. The predicted octanol–water partition coefficient (Wildman–Crippen LogP) is 2.42. The molecule has 130 valence electrons. The minimum Gasteiger partial charge on any atom is -0.463 e. The molecule has 25 heavy (non-hydrogen) atoms. The smallest absolute Gasteiger partial charge is 0.255 e. The van der Waals surface area contributed by atoms with Gasteiger partial charge in [-0.15, -0.1) is 0 Å². The van der Waals surface area contributed by atoms with Crippen LogP contribution in [0.15, 0.2) is 47.3 Å². The molecule has 1 saturated heterocycles. The standard InChI is InChI=1S/C19H22N4O2/c1-22-10-15(9-21-22)12-23-7-6-14(11-23)8-20-19(24)17-13-25-18-5-3-2-4-16(17)18/h2-5,9-10,13-14H,6-8,11-12H2,1H3,(H,20,24). The molecule has 0 spiro atoms. The van der Waals surface area contributed by atoms with Crippen LogP contribution in [0.3, 0.4) is 0 Å². The van der Waals surface area contributed by atoms with E-state index in [1.165, 1.54) is 5.56 Å². The molecule has 3 aromatic rings. The molecule has 0 aliphatic carbocycles. The largest absolute Gasteiger partial charge is 0.463 e. The highest BCUT2D eigenvalue weighted by atomic mass is 16.3. The summed E-state index contributed by atoms with van der Waals surface area (Å²) in [5.74, 6) is 0.425. The van der Waals surface area contributed by atoms with Crippen molar-refractivity contribution in [2.24, 2.45) is 13.0 Å². The second-order valence-electron chi connectivity index (χ2n) is 6.77. The first-order valence-electron chi connectivity index (χ1n) is 8.63. The summed E-state index contributed by atoms with van der Waals surface area (Å²) in [6.45, 7) is 3.68. The molecular formula is C19H22N4O2. The summed E-state index contributed by atoms with van der Waals surface area (Å²) in [6, 6.07) is 7.61. The molecule has 1 unspecified atom stereocenters. The summed E-state index contributed by atoms with van der Waals surface area (Å²) in [7, 11) is 1.94. The number of nitrogens with zero attached hydrogens (tertiary/aromatic N) is 3. The lowest BCUT2D eigenvalue weighted by Crippen LogP contribution is -2.30. The van der Waals surface area contributed by atoms with Crippen LogP contribution in [0, 0.1) is 5.92 Å². The number of para-hydroxylation sites is 1. The van der Waals surface area contributed by atoms with Gasteiger partial charge in [-0.25, -0.2) is 0 Å². The number of rotatable bonds is 5. The first-order valence-corrected chi connectivity index (χ1v) is 8.63. The highest BCUT2D eigenvalue weighted by Gasteiger charge is 2.24. The van der Waals surface area contributed by atoms with Crippen molar-refractivity contribution in [2.75, 3.05) is 19.6 Å². The van der Waals surface area contributed by atoms with Crippen LogP contribution in [0.2, 0.25) is 0 Å². The summed E-state index contributed by atoms with van der Waals surface area (Å²) in [5.41, 5.74) is 2.59. The Hall–Kier alpha value is -2.60. The second kappa shape index (κ2) is 6.72. The van der Waals surface area contributed by atoms with Gasteiger partial charge < -0.3 is 9.73 Å². The van der Waals surface area contributed by atoms with Crippen molar-refractivity contribution in [1.29, 1.82) is 0 Å². The van der Waals surface area contributed by atoms with Gasteiger partial charge in [-0.1, -0.05) is 18.2 Å². The van der Waals surface area contributed by atoms with Crippen LogP contribution in [0.5, 0.6) is 0 Å². The van der Waals surface area contributed by atoms with Crippen LogP contribution in [-0.2, 0) is 13.6 Å². The number of aromatic nitrogens is 2. The molecule has 0 radical (unpaired) electrons. The minimum atomic E-state index is -0.0596. The molecule has 1 amide bonds. The lowest BCUT2D eigenvalue weighted by atomic mass is 10.1. The van der Waals surface area contributed by atoms with Crippen LogP contribution in [0.25, 0.3) is 11.0 Å². The van der Waals surface area contributed by atoms with E-state index in [0.29, 0.717) is 18.0 Å². The molecule has 1 aliphatic rings. The summed E-state index contributed by atoms with van der Waals surface area (Å²) in [5, 5.41) is 8.15. The van der Waals surface area contributed by atoms with Crippen LogP contribution >= 0.6 is 0 Å². The molecule has 6 nitrogen and oxygen atoms in total. The van der Waals surface area contributed by atoms with Crippen molar-refractivity contribution in [3.05, 3.63) is 54.0 Å². The van der Waals surface area contributed by atoms with Crippen LogP contribution in [0.1, 0.15) is 22.3 Å². The van der Waals surface area contributed by atoms with E-state index in [9.17, 15) is 4.79 Å².